The van der Waals surface area contributed by atoms with E-state index in [1.807, 2.05) is 0 Å². The molecule has 74 valence electrons. The Balaban J connectivity index is 4.15. The SMILES string of the molecule is CC(Br)OP(=O)(O)OC(C)(Cl)Cl. The smallest absolute Gasteiger partial charge is 0.302 e. The van der Waals surface area contributed by atoms with Crippen LogP contribution in [0.15, 0.2) is 0 Å². The molecular weight excluding hydrogens is 294 g/mol. The first-order valence-electron chi connectivity index (χ1n) is 2.86. The van der Waals surface area contributed by atoms with Crippen LogP contribution in [0.25, 0.3) is 0 Å². The monoisotopic (exact) mass is 300 g/mol. The third kappa shape index (κ3) is 7.80. The molecule has 0 bridgehead atoms. The van der Waals surface area contributed by atoms with E-state index in [4.69, 9.17) is 28.1 Å². The number of phosphoric acid groups is 1. The summed E-state index contributed by atoms with van der Waals surface area (Å²) in [5.74, 6) is 0. The lowest BCUT2D eigenvalue weighted by Crippen LogP contribution is -2.12. The van der Waals surface area contributed by atoms with Crippen molar-refractivity contribution >= 4 is 47.0 Å². The Morgan fingerprint density at radius 1 is 1.67 bits per heavy atom. The molecule has 8 heteroatoms. The van der Waals surface area contributed by atoms with Gasteiger partial charge in [0.25, 0.3) is 0 Å². The molecule has 0 heterocycles. The normalized spacial score (nSPS) is 20.2. The molecule has 0 aliphatic carbocycles. The van der Waals surface area contributed by atoms with Crippen LogP contribution in [-0.4, -0.2) is 14.4 Å². The highest BCUT2D eigenvalue weighted by Crippen LogP contribution is 2.51. The third-order valence-electron chi connectivity index (χ3n) is 0.554. The van der Waals surface area contributed by atoms with E-state index in [0.29, 0.717) is 0 Å². The molecule has 4 nitrogen and oxygen atoms in total. The van der Waals surface area contributed by atoms with Gasteiger partial charge in [0, 0.05) is 0 Å². The number of phosphoric ester groups is 1. The molecule has 0 rings (SSSR count). The summed E-state index contributed by atoms with van der Waals surface area (Å²) in [5, 5.41) is -0.621. The summed E-state index contributed by atoms with van der Waals surface area (Å²) < 4.78 is 18.0. The van der Waals surface area contributed by atoms with E-state index in [9.17, 15) is 4.57 Å². The second kappa shape index (κ2) is 4.60. The fourth-order valence-electron chi connectivity index (χ4n) is 0.408. The van der Waals surface area contributed by atoms with Gasteiger partial charge in [-0.25, -0.2) is 9.09 Å². The van der Waals surface area contributed by atoms with Gasteiger partial charge < -0.3 is 4.89 Å². The maximum Gasteiger partial charge on any atom is 0.475 e. The van der Waals surface area contributed by atoms with E-state index in [2.05, 4.69) is 25.0 Å². The summed E-state index contributed by atoms with van der Waals surface area (Å²) in [5.41, 5.74) is 0. The fourth-order valence-corrected chi connectivity index (χ4v) is 2.38. The summed E-state index contributed by atoms with van der Waals surface area (Å²) in [6, 6.07) is 0. The molecule has 0 spiro atoms. The lowest BCUT2D eigenvalue weighted by atomic mass is 10.9. The van der Waals surface area contributed by atoms with E-state index in [1.54, 1.807) is 0 Å². The minimum absolute atomic E-state index is 0.621. The molecule has 0 aliphatic rings. The molecule has 0 amide bonds. The Morgan fingerprint density at radius 2 is 2.08 bits per heavy atom. The molecule has 2 atom stereocenters. The minimum atomic E-state index is -4.18. The Bertz CT molecular complexity index is 192. The second-order valence-electron chi connectivity index (χ2n) is 2.02. The van der Waals surface area contributed by atoms with Crippen LogP contribution in [0.2, 0.25) is 0 Å². The average molecular weight is 302 g/mol. The molecule has 1 N–H and O–H groups in total. The van der Waals surface area contributed by atoms with Gasteiger partial charge in [0.05, 0.1) is 0 Å². The van der Waals surface area contributed by atoms with Crippen molar-refractivity contribution in [3.63, 3.8) is 0 Å². The first-order valence-corrected chi connectivity index (χ1v) is 6.03. The van der Waals surface area contributed by atoms with Crippen LogP contribution in [0.1, 0.15) is 13.8 Å². The summed E-state index contributed by atoms with van der Waals surface area (Å²) in [6.07, 6.45) is 0. The molecule has 0 saturated carbocycles. The fraction of sp³-hybridized carbons (Fsp3) is 1.00. The van der Waals surface area contributed by atoms with E-state index in [-0.39, 0.29) is 0 Å². The Labute approximate surface area is 88.9 Å². The van der Waals surface area contributed by atoms with Gasteiger partial charge in [-0.05, 0) is 13.8 Å². The van der Waals surface area contributed by atoms with Crippen molar-refractivity contribution < 1.29 is 18.5 Å². The molecule has 12 heavy (non-hydrogen) atoms. The second-order valence-corrected chi connectivity index (χ2v) is 6.27. The van der Waals surface area contributed by atoms with E-state index < -0.39 is 17.4 Å². The number of hydrogen-bond acceptors (Lipinski definition) is 3. The van der Waals surface area contributed by atoms with Gasteiger partial charge in [-0.2, -0.15) is 0 Å². The number of halogens is 3. The summed E-state index contributed by atoms with van der Waals surface area (Å²) >= 11 is 13.5. The predicted octanol–water partition coefficient (Wildman–Crippen LogP) is 3.01. The van der Waals surface area contributed by atoms with Crippen molar-refractivity contribution in [2.24, 2.45) is 0 Å². The van der Waals surface area contributed by atoms with Gasteiger partial charge in [0.2, 0.25) is 4.52 Å². The first-order chi connectivity index (χ1) is 5.12. The van der Waals surface area contributed by atoms with Gasteiger partial charge in [-0.15, -0.1) is 0 Å². The van der Waals surface area contributed by atoms with Crippen molar-refractivity contribution in [1.29, 1.82) is 0 Å². The van der Waals surface area contributed by atoms with Gasteiger partial charge in [-0.3, -0.25) is 4.52 Å². The van der Waals surface area contributed by atoms with Crippen LogP contribution in [0.3, 0.4) is 0 Å². The molecule has 0 aliphatic heterocycles. The molecule has 0 fully saturated rings. The van der Waals surface area contributed by atoms with Crippen LogP contribution in [0.4, 0.5) is 0 Å². The highest BCUT2D eigenvalue weighted by molar-refractivity contribution is 9.09. The Hall–Kier alpha value is 1.17. The largest absolute Gasteiger partial charge is 0.475 e. The topological polar surface area (TPSA) is 55.8 Å². The summed E-state index contributed by atoms with van der Waals surface area (Å²) in [4.78, 5) is 8.93. The first kappa shape index (κ1) is 13.2. The maximum atomic E-state index is 11.0. The van der Waals surface area contributed by atoms with Gasteiger partial charge in [-0.1, -0.05) is 39.1 Å². The molecule has 0 radical (unpaired) electrons. The van der Waals surface area contributed by atoms with Gasteiger partial charge in [0.15, 0.2) is 0 Å². The van der Waals surface area contributed by atoms with E-state index in [1.165, 1.54) is 13.8 Å². The predicted molar refractivity (Wildman–Crippen MR) is 50.5 cm³/mol. The Morgan fingerprint density at radius 3 is 2.33 bits per heavy atom. The van der Waals surface area contributed by atoms with Crippen LogP contribution >= 0.6 is 47.0 Å². The van der Waals surface area contributed by atoms with Crippen molar-refractivity contribution in [1.82, 2.24) is 0 Å². The minimum Gasteiger partial charge on any atom is -0.302 e. The Kier molecular flexibility index (Phi) is 5.05. The standard InChI is InChI=1S/C4H8BrCl2O4P/c1-3(5)10-12(8,9)11-4(2,6)7/h3H,1-2H3,(H,8,9). The quantitative estimate of drug-likeness (QED) is 0.640. The molecule has 0 aromatic heterocycles. The van der Waals surface area contributed by atoms with Crippen molar-refractivity contribution in [3.8, 4) is 0 Å². The van der Waals surface area contributed by atoms with Crippen LogP contribution < -0.4 is 0 Å². The summed E-state index contributed by atoms with van der Waals surface area (Å²) in [6.45, 7) is 2.72. The molecule has 2 unspecified atom stereocenters. The number of rotatable bonds is 4. The lowest BCUT2D eigenvalue weighted by Gasteiger charge is -2.19. The van der Waals surface area contributed by atoms with Gasteiger partial charge >= 0.3 is 7.82 Å². The maximum absolute atomic E-state index is 11.0. The van der Waals surface area contributed by atoms with Crippen molar-refractivity contribution in [2.45, 2.75) is 23.4 Å². The molecular formula is C4H8BrCl2O4P. The van der Waals surface area contributed by atoms with Crippen molar-refractivity contribution in [2.75, 3.05) is 0 Å². The molecule has 0 aromatic carbocycles. The highest BCUT2D eigenvalue weighted by Gasteiger charge is 2.33. The van der Waals surface area contributed by atoms with Crippen LogP contribution in [-0.2, 0) is 13.6 Å². The van der Waals surface area contributed by atoms with Crippen LogP contribution in [0.5, 0.6) is 0 Å². The molecule has 0 saturated heterocycles. The summed E-state index contributed by atoms with van der Waals surface area (Å²) in [7, 11) is -4.18. The van der Waals surface area contributed by atoms with Crippen molar-refractivity contribution in [3.05, 3.63) is 0 Å². The van der Waals surface area contributed by atoms with E-state index >= 15 is 0 Å². The zero-order valence-electron chi connectivity index (χ0n) is 6.33. The zero-order chi connectivity index (χ0) is 9.99. The molecule has 0 aromatic rings. The highest BCUT2D eigenvalue weighted by atomic mass is 79.9. The average Bonchev–Trinajstić information content (AvgIpc) is 1.48. The number of alkyl halides is 3. The third-order valence-corrected chi connectivity index (χ3v) is 2.58. The zero-order valence-corrected chi connectivity index (χ0v) is 10.3. The van der Waals surface area contributed by atoms with E-state index in [0.717, 1.165) is 0 Å². The number of hydrogen-bond donors (Lipinski definition) is 1. The van der Waals surface area contributed by atoms with Crippen LogP contribution in [0, 0.1) is 0 Å². The lowest BCUT2D eigenvalue weighted by molar-refractivity contribution is 0.126. The van der Waals surface area contributed by atoms with Gasteiger partial charge in [0.1, 0.15) is 5.01 Å².